The minimum atomic E-state index is 0.402. The highest BCUT2D eigenvalue weighted by Gasteiger charge is 2.07. The maximum Gasteiger partial charge on any atom is 0.191 e. The van der Waals surface area contributed by atoms with Crippen LogP contribution in [0.1, 0.15) is 31.2 Å². The van der Waals surface area contributed by atoms with E-state index < -0.39 is 0 Å². The summed E-state index contributed by atoms with van der Waals surface area (Å²) in [4.78, 5) is 4.64. The van der Waals surface area contributed by atoms with E-state index in [1.165, 1.54) is 5.56 Å². The number of aromatic nitrogens is 3. The van der Waals surface area contributed by atoms with Gasteiger partial charge in [0.1, 0.15) is 6.54 Å². The Morgan fingerprint density at radius 1 is 1.08 bits per heavy atom. The molecule has 0 spiro atoms. The van der Waals surface area contributed by atoms with E-state index in [-0.39, 0.29) is 0 Å². The molecule has 25 heavy (non-hydrogen) atoms. The number of nitrogens with zero attached hydrogens (tertiary/aromatic N) is 4. The summed E-state index contributed by atoms with van der Waals surface area (Å²) in [6, 6.07) is 16.3. The number of nitrogens with one attached hydrogen (secondary N) is 2. The van der Waals surface area contributed by atoms with Crippen LogP contribution in [0.5, 0.6) is 0 Å². The van der Waals surface area contributed by atoms with Crippen molar-refractivity contribution in [1.82, 2.24) is 25.2 Å². The second-order valence-corrected chi connectivity index (χ2v) is 5.93. The Morgan fingerprint density at radius 3 is 2.68 bits per heavy atom. The summed E-state index contributed by atoms with van der Waals surface area (Å²) in [5.41, 5.74) is 2.15. The van der Waals surface area contributed by atoms with Gasteiger partial charge in [-0.2, -0.15) is 0 Å². The SMILES string of the molecule is CCNC(=NCc1nnc2ccccn12)NCC(C)c1ccccc1. The molecule has 1 unspecified atom stereocenters. The average Bonchev–Trinajstić information content (AvgIpc) is 3.07. The summed E-state index contributed by atoms with van der Waals surface area (Å²) in [6.45, 7) is 6.37. The number of hydrogen-bond acceptors (Lipinski definition) is 3. The monoisotopic (exact) mass is 336 g/mol. The number of benzene rings is 1. The van der Waals surface area contributed by atoms with Gasteiger partial charge in [-0.15, -0.1) is 10.2 Å². The molecule has 2 aromatic heterocycles. The number of rotatable bonds is 6. The van der Waals surface area contributed by atoms with Crippen molar-refractivity contribution in [2.75, 3.05) is 13.1 Å². The van der Waals surface area contributed by atoms with Gasteiger partial charge in [-0.25, -0.2) is 4.99 Å². The molecule has 2 heterocycles. The first kappa shape index (κ1) is 17.0. The van der Waals surface area contributed by atoms with Crippen molar-refractivity contribution >= 4 is 11.6 Å². The van der Waals surface area contributed by atoms with Crippen molar-refractivity contribution in [3.63, 3.8) is 0 Å². The van der Waals surface area contributed by atoms with E-state index in [0.29, 0.717) is 12.5 Å². The van der Waals surface area contributed by atoms with Crippen LogP contribution in [-0.4, -0.2) is 33.6 Å². The minimum Gasteiger partial charge on any atom is -0.357 e. The molecule has 0 amide bonds. The van der Waals surface area contributed by atoms with Crippen LogP contribution in [0.4, 0.5) is 0 Å². The summed E-state index contributed by atoms with van der Waals surface area (Å²) in [5.74, 6) is 2.01. The minimum absolute atomic E-state index is 0.402. The summed E-state index contributed by atoms with van der Waals surface area (Å²) >= 11 is 0. The van der Waals surface area contributed by atoms with Crippen LogP contribution in [0.3, 0.4) is 0 Å². The zero-order valence-electron chi connectivity index (χ0n) is 14.7. The summed E-state index contributed by atoms with van der Waals surface area (Å²) in [6.07, 6.45) is 1.96. The Bertz CT molecular complexity index is 824. The Morgan fingerprint density at radius 2 is 1.88 bits per heavy atom. The van der Waals surface area contributed by atoms with Gasteiger partial charge in [-0.05, 0) is 30.5 Å². The zero-order valence-corrected chi connectivity index (χ0v) is 14.7. The molecule has 0 aliphatic heterocycles. The zero-order chi connectivity index (χ0) is 17.5. The maximum absolute atomic E-state index is 4.64. The largest absolute Gasteiger partial charge is 0.357 e. The fourth-order valence-corrected chi connectivity index (χ4v) is 2.64. The van der Waals surface area contributed by atoms with Crippen molar-refractivity contribution in [1.29, 1.82) is 0 Å². The van der Waals surface area contributed by atoms with E-state index in [1.54, 1.807) is 0 Å². The van der Waals surface area contributed by atoms with Crippen LogP contribution in [0.2, 0.25) is 0 Å². The lowest BCUT2D eigenvalue weighted by molar-refractivity contribution is 0.698. The molecule has 3 rings (SSSR count). The molecule has 3 aromatic rings. The summed E-state index contributed by atoms with van der Waals surface area (Å²) in [5, 5.41) is 15.1. The van der Waals surface area contributed by atoms with E-state index >= 15 is 0 Å². The average molecular weight is 336 g/mol. The van der Waals surface area contributed by atoms with Crippen molar-refractivity contribution < 1.29 is 0 Å². The fourth-order valence-electron chi connectivity index (χ4n) is 2.64. The van der Waals surface area contributed by atoms with Crippen molar-refractivity contribution in [2.45, 2.75) is 26.3 Å². The van der Waals surface area contributed by atoms with Gasteiger partial charge in [0, 0.05) is 19.3 Å². The highest BCUT2D eigenvalue weighted by Crippen LogP contribution is 2.12. The van der Waals surface area contributed by atoms with Crippen LogP contribution >= 0.6 is 0 Å². The number of pyridine rings is 1. The van der Waals surface area contributed by atoms with Gasteiger partial charge in [0.2, 0.25) is 0 Å². The number of aliphatic imine (C=N–C) groups is 1. The molecule has 0 saturated carbocycles. The fraction of sp³-hybridized carbons (Fsp3) is 0.316. The molecule has 2 N–H and O–H groups in total. The van der Waals surface area contributed by atoms with Crippen LogP contribution in [0.25, 0.3) is 5.65 Å². The molecule has 1 atom stereocenters. The van der Waals surface area contributed by atoms with Crippen molar-refractivity contribution in [2.24, 2.45) is 4.99 Å². The second-order valence-electron chi connectivity index (χ2n) is 5.93. The number of fused-ring (bicyclic) bond motifs is 1. The third kappa shape index (κ3) is 4.35. The highest BCUT2D eigenvalue weighted by molar-refractivity contribution is 5.79. The molecule has 0 bridgehead atoms. The standard InChI is InChI=1S/C19H24N6/c1-3-20-19(21-13-15(2)16-9-5-4-6-10-16)22-14-18-24-23-17-11-7-8-12-25(17)18/h4-12,15H,3,13-14H2,1-2H3,(H2,20,21,22). The Labute approximate surface area is 148 Å². The van der Waals surface area contributed by atoms with Gasteiger partial charge in [-0.1, -0.05) is 43.3 Å². The van der Waals surface area contributed by atoms with Crippen LogP contribution in [-0.2, 0) is 6.54 Å². The van der Waals surface area contributed by atoms with E-state index in [9.17, 15) is 0 Å². The number of hydrogen-bond donors (Lipinski definition) is 2. The molecule has 0 saturated heterocycles. The van der Waals surface area contributed by atoms with Crippen molar-refractivity contribution in [3.05, 3.63) is 66.1 Å². The lowest BCUT2D eigenvalue weighted by atomic mass is 10.0. The van der Waals surface area contributed by atoms with E-state index in [4.69, 9.17) is 0 Å². The molecule has 0 fully saturated rings. The molecule has 0 aliphatic rings. The molecule has 0 radical (unpaired) electrons. The molecular weight excluding hydrogens is 312 g/mol. The lowest BCUT2D eigenvalue weighted by Crippen LogP contribution is -2.39. The van der Waals surface area contributed by atoms with Crippen LogP contribution < -0.4 is 10.6 Å². The quantitative estimate of drug-likeness (QED) is 0.536. The van der Waals surface area contributed by atoms with E-state index in [2.05, 4.69) is 63.9 Å². The molecule has 6 nitrogen and oxygen atoms in total. The Hall–Kier alpha value is -2.89. The van der Waals surface area contributed by atoms with Crippen molar-refractivity contribution in [3.8, 4) is 0 Å². The molecule has 0 aliphatic carbocycles. The molecular formula is C19H24N6. The molecule has 1 aromatic carbocycles. The predicted molar refractivity (Wildman–Crippen MR) is 101 cm³/mol. The Kier molecular flexibility index (Phi) is 5.61. The van der Waals surface area contributed by atoms with Gasteiger partial charge in [0.15, 0.2) is 17.4 Å². The summed E-state index contributed by atoms with van der Waals surface area (Å²) in [7, 11) is 0. The first-order chi connectivity index (χ1) is 12.3. The maximum atomic E-state index is 4.64. The van der Waals surface area contributed by atoms with Gasteiger partial charge in [0.05, 0.1) is 0 Å². The summed E-state index contributed by atoms with van der Waals surface area (Å²) < 4.78 is 1.96. The third-order valence-corrected chi connectivity index (χ3v) is 4.05. The van der Waals surface area contributed by atoms with E-state index in [1.807, 2.05) is 34.9 Å². The van der Waals surface area contributed by atoms with Gasteiger partial charge in [0.25, 0.3) is 0 Å². The second kappa shape index (κ2) is 8.28. The Balaban J connectivity index is 1.65. The third-order valence-electron chi connectivity index (χ3n) is 4.05. The first-order valence-electron chi connectivity index (χ1n) is 8.63. The predicted octanol–water partition coefficient (Wildman–Crippen LogP) is 2.59. The molecule has 6 heteroatoms. The van der Waals surface area contributed by atoms with E-state index in [0.717, 1.165) is 30.5 Å². The normalized spacial score (nSPS) is 13.0. The first-order valence-corrected chi connectivity index (χ1v) is 8.63. The highest BCUT2D eigenvalue weighted by atomic mass is 15.3. The molecule has 130 valence electrons. The van der Waals surface area contributed by atoms with Crippen LogP contribution in [0, 0.1) is 0 Å². The lowest BCUT2D eigenvalue weighted by Gasteiger charge is -2.16. The topological polar surface area (TPSA) is 66.6 Å². The smallest absolute Gasteiger partial charge is 0.191 e. The number of guanidine groups is 1. The van der Waals surface area contributed by atoms with Gasteiger partial charge >= 0.3 is 0 Å². The van der Waals surface area contributed by atoms with Crippen LogP contribution in [0.15, 0.2) is 59.7 Å². The van der Waals surface area contributed by atoms with Gasteiger partial charge in [-0.3, -0.25) is 4.40 Å². The van der Waals surface area contributed by atoms with Gasteiger partial charge < -0.3 is 10.6 Å².